The molecule has 0 aromatic heterocycles. The maximum absolute atomic E-state index is 5.74. The quantitative estimate of drug-likeness (QED) is 0.401. The SMILES string of the molecule is CCCCN=C(N)NC1=NCCN1CC. The summed E-state index contributed by atoms with van der Waals surface area (Å²) in [5, 5.41) is 3.04. The van der Waals surface area contributed by atoms with Crippen LogP contribution in [0.4, 0.5) is 0 Å². The molecule has 0 saturated carbocycles. The zero-order valence-corrected chi connectivity index (χ0v) is 9.66. The maximum atomic E-state index is 5.74. The van der Waals surface area contributed by atoms with E-state index < -0.39 is 0 Å². The molecule has 0 fully saturated rings. The molecule has 15 heavy (non-hydrogen) atoms. The number of aliphatic imine (C=N–C) groups is 2. The molecule has 0 amide bonds. The van der Waals surface area contributed by atoms with Gasteiger partial charge in [0.25, 0.3) is 0 Å². The lowest BCUT2D eigenvalue weighted by atomic mass is 10.3. The third-order valence-electron chi connectivity index (χ3n) is 2.35. The lowest BCUT2D eigenvalue weighted by Gasteiger charge is -2.18. The Hall–Kier alpha value is -1.26. The summed E-state index contributed by atoms with van der Waals surface area (Å²) in [4.78, 5) is 10.7. The minimum Gasteiger partial charge on any atom is -0.370 e. The standard InChI is InChI=1S/C10H21N5/c1-3-5-6-12-9(11)14-10-13-7-8-15(10)4-2/h3-8H2,1-2H3,(H3,11,12,13,14). The first-order valence-electron chi connectivity index (χ1n) is 5.64. The summed E-state index contributed by atoms with van der Waals surface area (Å²) in [6.07, 6.45) is 2.21. The highest BCUT2D eigenvalue weighted by Crippen LogP contribution is 1.97. The van der Waals surface area contributed by atoms with E-state index in [9.17, 15) is 0 Å². The number of nitrogens with one attached hydrogen (secondary N) is 1. The van der Waals surface area contributed by atoms with Crippen molar-refractivity contribution in [3.8, 4) is 0 Å². The van der Waals surface area contributed by atoms with Crippen LogP contribution in [-0.2, 0) is 0 Å². The molecule has 1 rings (SSSR count). The number of unbranched alkanes of at least 4 members (excludes halogenated alkanes) is 1. The molecule has 0 aromatic carbocycles. The minimum absolute atomic E-state index is 0.475. The van der Waals surface area contributed by atoms with Gasteiger partial charge < -0.3 is 10.6 Å². The van der Waals surface area contributed by atoms with Crippen molar-refractivity contribution >= 4 is 11.9 Å². The number of likely N-dealkylation sites (N-methyl/N-ethyl adjacent to an activating group) is 1. The summed E-state index contributed by atoms with van der Waals surface area (Å²) >= 11 is 0. The van der Waals surface area contributed by atoms with E-state index in [1.54, 1.807) is 0 Å². The highest BCUT2D eigenvalue weighted by molar-refractivity contribution is 5.98. The zero-order valence-electron chi connectivity index (χ0n) is 9.66. The third-order valence-corrected chi connectivity index (χ3v) is 2.35. The molecule has 5 heteroatoms. The van der Waals surface area contributed by atoms with Crippen LogP contribution in [-0.4, -0.2) is 43.0 Å². The van der Waals surface area contributed by atoms with E-state index in [0.717, 1.165) is 45.0 Å². The van der Waals surface area contributed by atoms with Crippen LogP contribution < -0.4 is 11.1 Å². The van der Waals surface area contributed by atoms with Crippen LogP contribution in [0.1, 0.15) is 26.7 Å². The molecule has 0 aromatic rings. The van der Waals surface area contributed by atoms with Gasteiger partial charge in [-0.05, 0) is 13.3 Å². The number of guanidine groups is 2. The van der Waals surface area contributed by atoms with Crippen molar-refractivity contribution in [2.24, 2.45) is 15.7 Å². The molecule has 0 radical (unpaired) electrons. The van der Waals surface area contributed by atoms with E-state index in [-0.39, 0.29) is 0 Å². The molecule has 0 aliphatic carbocycles. The van der Waals surface area contributed by atoms with E-state index in [0.29, 0.717) is 5.96 Å². The number of nitrogens with zero attached hydrogens (tertiary/aromatic N) is 3. The Morgan fingerprint density at radius 1 is 1.60 bits per heavy atom. The summed E-state index contributed by atoms with van der Waals surface area (Å²) in [6.45, 7) is 7.80. The average Bonchev–Trinajstić information content (AvgIpc) is 2.65. The van der Waals surface area contributed by atoms with Gasteiger partial charge in [-0.25, -0.2) is 0 Å². The predicted octanol–water partition coefficient (Wildman–Crippen LogP) is 0.382. The van der Waals surface area contributed by atoms with E-state index in [4.69, 9.17) is 5.73 Å². The molecule has 0 saturated heterocycles. The van der Waals surface area contributed by atoms with Crippen LogP contribution in [0.2, 0.25) is 0 Å². The van der Waals surface area contributed by atoms with E-state index in [1.807, 2.05) is 0 Å². The van der Waals surface area contributed by atoms with Gasteiger partial charge in [0.2, 0.25) is 5.96 Å². The fourth-order valence-corrected chi connectivity index (χ4v) is 1.42. The normalized spacial score (nSPS) is 16.8. The number of rotatable bonds is 4. The first-order chi connectivity index (χ1) is 7.27. The molecule has 86 valence electrons. The van der Waals surface area contributed by atoms with Crippen molar-refractivity contribution in [3.05, 3.63) is 0 Å². The number of hydrogen-bond acceptors (Lipinski definition) is 3. The Morgan fingerprint density at radius 2 is 2.40 bits per heavy atom. The zero-order chi connectivity index (χ0) is 11.1. The van der Waals surface area contributed by atoms with Gasteiger partial charge in [0, 0.05) is 19.6 Å². The van der Waals surface area contributed by atoms with E-state index in [2.05, 4.69) is 34.0 Å². The molecule has 0 atom stereocenters. The molecule has 1 aliphatic heterocycles. The molecule has 3 N–H and O–H groups in total. The van der Waals surface area contributed by atoms with Crippen LogP contribution in [0.15, 0.2) is 9.98 Å². The second kappa shape index (κ2) is 6.27. The molecular formula is C10H21N5. The van der Waals surface area contributed by atoms with Gasteiger partial charge in [-0.1, -0.05) is 13.3 Å². The van der Waals surface area contributed by atoms with Gasteiger partial charge in [0.05, 0.1) is 6.54 Å². The van der Waals surface area contributed by atoms with Gasteiger partial charge in [0.15, 0.2) is 5.96 Å². The first kappa shape index (κ1) is 11.8. The van der Waals surface area contributed by atoms with Gasteiger partial charge in [0.1, 0.15) is 0 Å². The molecule has 0 bridgehead atoms. The Morgan fingerprint density at radius 3 is 3.07 bits per heavy atom. The van der Waals surface area contributed by atoms with Gasteiger partial charge in [-0.15, -0.1) is 0 Å². The largest absolute Gasteiger partial charge is 0.370 e. The second-order valence-electron chi connectivity index (χ2n) is 3.53. The van der Waals surface area contributed by atoms with Crippen molar-refractivity contribution in [2.45, 2.75) is 26.7 Å². The van der Waals surface area contributed by atoms with Gasteiger partial charge in [-0.3, -0.25) is 15.3 Å². The van der Waals surface area contributed by atoms with Gasteiger partial charge in [-0.2, -0.15) is 0 Å². The average molecular weight is 211 g/mol. The smallest absolute Gasteiger partial charge is 0.200 e. The molecule has 1 heterocycles. The molecule has 0 spiro atoms. The lowest BCUT2D eigenvalue weighted by molar-refractivity contribution is 0.474. The summed E-state index contributed by atoms with van der Waals surface area (Å²) in [7, 11) is 0. The van der Waals surface area contributed by atoms with Crippen molar-refractivity contribution in [2.75, 3.05) is 26.2 Å². The number of hydrogen-bond donors (Lipinski definition) is 2. The Kier molecular flexibility index (Phi) is 4.93. The molecular weight excluding hydrogens is 190 g/mol. The summed E-state index contributed by atoms with van der Waals surface area (Å²) in [5.41, 5.74) is 5.74. The maximum Gasteiger partial charge on any atom is 0.200 e. The third kappa shape index (κ3) is 3.77. The summed E-state index contributed by atoms with van der Waals surface area (Å²) in [6, 6.07) is 0. The molecule has 1 aliphatic rings. The second-order valence-corrected chi connectivity index (χ2v) is 3.53. The fourth-order valence-electron chi connectivity index (χ4n) is 1.42. The Balaban J connectivity index is 2.36. The van der Waals surface area contributed by atoms with E-state index >= 15 is 0 Å². The van der Waals surface area contributed by atoms with Crippen molar-refractivity contribution in [1.82, 2.24) is 10.2 Å². The highest BCUT2D eigenvalue weighted by Gasteiger charge is 2.14. The van der Waals surface area contributed by atoms with Crippen LogP contribution in [0.3, 0.4) is 0 Å². The lowest BCUT2D eigenvalue weighted by Crippen LogP contribution is -2.44. The predicted molar refractivity (Wildman–Crippen MR) is 64.1 cm³/mol. The minimum atomic E-state index is 0.475. The van der Waals surface area contributed by atoms with Crippen molar-refractivity contribution in [3.63, 3.8) is 0 Å². The number of nitrogens with two attached hydrogens (primary N) is 1. The van der Waals surface area contributed by atoms with Crippen LogP contribution in [0.25, 0.3) is 0 Å². The van der Waals surface area contributed by atoms with Crippen molar-refractivity contribution < 1.29 is 0 Å². The molecule has 5 nitrogen and oxygen atoms in total. The first-order valence-corrected chi connectivity index (χ1v) is 5.64. The Bertz CT molecular complexity index is 246. The molecule has 0 unspecified atom stereocenters. The summed E-state index contributed by atoms with van der Waals surface area (Å²) in [5.74, 6) is 1.33. The van der Waals surface area contributed by atoms with Crippen molar-refractivity contribution in [1.29, 1.82) is 0 Å². The van der Waals surface area contributed by atoms with Crippen LogP contribution in [0, 0.1) is 0 Å². The summed E-state index contributed by atoms with van der Waals surface area (Å²) < 4.78 is 0. The van der Waals surface area contributed by atoms with Gasteiger partial charge >= 0.3 is 0 Å². The Labute approximate surface area is 91.5 Å². The van der Waals surface area contributed by atoms with Crippen LogP contribution in [0.5, 0.6) is 0 Å². The van der Waals surface area contributed by atoms with Crippen LogP contribution >= 0.6 is 0 Å². The monoisotopic (exact) mass is 211 g/mol. The topological polar surface area (TPSA) is 66.0 Å². The fraction of sp³-hybridized carbons (Fsp3) is 0.800. The van der Waals surface area contributed by atoms with E-state index in [1.165, 1.54) is 0 Å². The highest BCUT2D eigenvalue weighted by atomic mass is 15.4.